The van der Waals surface area contributed by atoms with Gasteiger partial charge in [0.2, 0.25) is 0 Å². The van der Waals surface area contributed by atoms with Crippen LogP contribution in [0.2, 0.25) is 0 Å². The minimum Gasteiger partial charge on any atom is -0.481 e. The second-order valence-corrected chi connectivity index (χ2v) is 8.48. The van der Waals surface area contributed by atoms with E-state index < -0.39 is 17.8 Å². The summed E-state index contributed by atoms with van der Waals surface area (Å²) in [4.78, 5) is 25.2. The van der Waals surface area contributed by atoms with Gasteiger partial charge in [0.1, 0.15) is 0 Å². The van der Waals surface area contributed by atoms with E-state index in [9.17, 15) is 14.7 Å². The lowest BCUT2D eigenvalue weighted by Crippen LogP contribution is -2.46. The third-order valence-electron chi connectivity index (χ3n) is 7.00. The van der Waals surface area contributed by atoms with E-state index in [4.69, 9.17) is 4.74 Å². The molecule has 4 heteroatoms. The van der Waals surface area contributed by atoms with Gasteiger partial charge in [0.05, 0.1) is 18.4 Å². The highest BCUT2D eigenvalue weighted by molar-refractivity contribution is 5.82. The van der Waals surface area contributed by atoms with Gasteiger partial charge in [-0.25, -0.2) is 0 Å². The summed E-state index contributed by atoms with van der Waals surface area (Å²) in [5, 5.41) is 10.1. The van der Waals surface area contributed by atoms with Gasteiger partial charge < -0.3 is 9.84 Å². The highest BCUT2D eigenvalue weighted by Gasteiger charge is 2.49. The van der Waals surface area contributed by atoms with Crippen molar-refractivity contribution in [3.05, 3.63) is 12.2 Å². The van der Waals surface area contributed by atoms with Crippen LogP contribution in [-0.2, 0) is 14.3 Å². The minimum absolute atomic E-state index is 0.0234. The van der Waals surface area contributed by atoms with Crippen LogP contribution in [0.3, 0.4) is 0 Å². The van der Waals surface area contributed by atoms with E-state index >= 15 is 0 Å². The maximum Gasteiger partial charge on any atom is 0.310 e. The Morgan fingerprint density at radius 1 is 0.846 bits per heavy atom. The zero-order chi connectivity index (χ0) is 18.5. The molecule has 0 radical (unpaired) electrons. The number of carbonyl (C=O) groups is 2. The molecule has 3 aliphatic rings. The monoisotopic (exact) mass is 362 g/mol. The normalized spacial score (nSPS) is 33.7. The van der Waals surface area contributed by atoms with Gasteiger partial charge in [-0.2, -0.15) is 0 Å². The van der Waals surface area contributed by atoms with E-state index in [1.165, 1.54) is 38.5 Å². The first-order valence-corrected chi connectivity index (χ1v) is 10.7. The van der Waals surface area contributed by atoms with Crippen molar-refractivity contribution in [3.63, 3.8) is 0 Å². The Balaban J connectivity index is 1.91. The maximum absolute atomic E-state index is 12.9. The van der Waals surface area contributed by atoms with Crippen molar-refractivity contribution in [3.8, 4) is 0 Å². The Hall–Kier alpha value is -1.32. The molecule has 4 nitrogen and oxygen atoms in total. The van der Waals surface area contributed by atoms with Gasteiger partial charge in [0, 0.05) is 0 Å². The van der Waals surface area contributed by atoms with Gasteiger partial charge in [-0.3, -0.25) is 9.59 Å². The number of hydrogen-bond acceptors (Lipinski definition) is 3. The number of carboxylic acid groups (broad SMARTS) is 1. The van der Waals surface area contributed by atoms with E-state index in [2.05, 4.69) is 12.2 Å². The molecule has 0 aromatic heterocycles. The first-order valence-electron chi connectivity index (χ1n) is 10.7. The molecular weight excluding hydrogens is 328 g/mol. The number of esters is 1. The summed E-state index contributed by atoms with van der Waals surface area (Å²) in [7, 11) is 0. The summed E-state index contributed by atoms with van der Waals surface area (Å²) in [6, 6.07) is 0. The van der Waals surface area contributed by atoms with Crippen LogP contribution >= 0.6 is 0 Å². The highest BCUT2D eigenvalue weighted by Crippen LogP contribution is 2.47. The molecule has 1 N–H and O–H groups in total. The molecule has 4 atom stereocenters. The zero-order valence-corrected chi connectivity index (χ0v) is 16.1. The van der Waals surface area contributed by atoms with Crippen molar-refractivity contribution in [2.45, 2.75) is 71.1 Å². The largest absolute Gasteiger partial charge is 0.481 e. The van der Waals surface area contributed by atoms with Crippen LogP contribution in [0.25, 0.3) is 0 Å². The number of hydrogen-bond donors (Lipinski definition) is 1. The Labute approximate surface area is 157 Å². The molecular formula is C22H34O4. The maximum atomic E-state index is 12.9. The van der Waals surface area contributed by atoms with Crippen LogP contribution in [0.15, 0.2) is 12.2 Å². The van der Waals surface area contributed by atoms with Gasteiger partial charge in [-0.1, -0.05) is 50.7 Å². The highest BCUT2D eigenvalue weighted by atomic mass is 16.5. The lowest BCUT2D eigenvalue weighted by Gasteiger charge is -2.43. The number of carbonyl (C=O) groups excluding carboxylic acids is 1. The van der Waals surface area contributed by atoms with Gasteiger partial charge in [-0.05, 0) is 56.3 Å². The molecule has 3 aliphatic carbocycles. The van der Waals surface area contributed by atoms with E-state index in [1.54, 1.807) is 6.92 Å². The Morgan fingerprint density at radius 2 is 1.31 bits per heavy atom. The molecule has 4 unspecified atom stereocenters. The third kappa shape index (κ3) is 4.15. The summed E-state index contributed by atoms with van der Waals surface area (Å²) in [6.07, 6.45) is 16.0. The van der Waals surface area contributed by atoms with Crippen LogP contribution in [-0.4, -0.2) is 23.7 Å². The SMILES string of the molecule is CCOC(=O)C1C(C2CCCCC2)C=CC(C2CCCCC2)C1C(=O)O. The summed E-state index contributed by atoms with van der Waals surface area (Å²) in [6.45, 7) is 2.12. The molecule has 0 aliphatic heterocycles. The van der Waals surface area contributed by atoms with Crippen molar-refractivity contribution in [2.24, 2.45) is 35.5 Å². The minimum atomic E-state index is -0.816. The predicted molar refractivity (Wildman–Crippen MR) is 101 cm³/mol. The number of ether oxygens (including phenoxy) is 1. The van der Waals surface area contributed by atoms with Crippen LogP contribution in [0, 0.1) is 35.5 Å². The van der Waals surface area contributed by atoms with Crippen LogP contribution in [0.1, 0.15) is 71.1 Å². The lowest BCUT2D eigenvalue weighted by atomic mass is 9.60. The molecule has 2 fully saturated rings. The van der Waals surface area contributed by atoms with Gasteiger partial charge >= 0.3 is 11.9 Å². The summed E-state index contributed by atoms with van der Waals surface area (Å²) in [5.41, 5.74) is 0. The zero-order valence-electron chi connectivity index (χ0n) is 16.1. The first-order chi connectivity index (χ1) is 12.6. The molecule has 0 spiro atoms. The fraction of sp³-hybridized carbons (Fsp3) is 0.818. The standard InChI is InChI=1S/C22H34O4/c1-2-26-22(25)20-18(16-11-7-4-8-12-16)14-13-17(19(20)21(23)24)15-9-5-3-6-10-15/h13-20H,2-12H2,1H3,(H,23,24). The molecule has 0 aromatic carbocycles. The van der Waals surface area contributed by atoms with Crippen molar-refractivity contribution in [1.29, 1.82) is 0 Å². The first kappa shape index (κ1) is 19.4. The predicted octanol–water partition coefficient (Wildman–Crippen LogP) is 4.83. The van der Waals surface area contributed by atoms with Crippen LogP contribution < -0.4 is 0 Å². The molecule has 0 aromatic rings. The second-order valence-electron chi connectivity index (χ2n) is 8.48. The molecule has 3 rings (SSSR count). The van der Waals surface area contributed by atoms with Gasteiger partial charge in [0.25, 0.3) is 0 Å². The molecule has 0 heterocycles. The number of carboxylic acids is 1. The fourth-order valence-electron chi connectivity index (χ4n) is 5.77. The topological polar surface area (TPSA) is 63.6 Å². The van der Waals surface area contributed by atoms with Crippen LogP contribution in [0.5, 0.6) is 0 Å². The summed E-state index contributed by atoms with van der Waals surface area (Å²) >= 11 is 0. The van der Waals surface area contributed by atoms with E-state index in [-0.39, 0.29) is 17.8 Å². The Morgan fingerprint density at radius 3 is 1.73 bits per heavy atom. The quantitative estimate of drug-likeness (QED) is 0.562. The van der Waals surface area contributed by atoms with Gasteiger partial charge in [-0.15, -0.1) is 0 Å². The van der Waals surface area contributed by atoms with Crippen molar-refractivity contribution in [1.82, 2.24) is 0 Å². The summed E-state index contributed by atoms with van der Waals surface area (Å²) in [5.74, 6) is -1.45. The Bertz CT molecular complexity index is 514. The summed E-state index contributed by atoms with van der Waals surface area (Å²) < 4.78 is 5.38. The number of allylic oxidation sites excluding steroid dienone is 2. The molecule has 0 amide bonds. The molecule has 0 saturated heterocycles. The van der Waals surface area contributed by atoms with Gasteiger partial charge in [0.15, 0.2) is 0 Å². The molecule has 0 bridgehead atoms. The third-order valence-corrected chi connectivity index (χ3v) is 7.00. The van der Waals surface area contributed by atoms with Crippen molar-refractivity contribution in [2.75, 3.05) is 6.61 Å². The molecule has 146 valence electrons. The van der Waals surface area contributed by atoms with Crippen LogP contribution in [0.4, 0.5) is 0 Å². The lowest BCUT2D eigenvalue weighted by molar-refractivity contribution is -0.163. The molecule has 26 heavy (non-hydrogen) atoms. The van der Waals surface area contributed by atoms with Crippen molar-refractivity contribution >= 4 is 11.9 Å². The number of rotatable bonds is 5. The smallest absolute Gasteiger partial charge is 0.310 e. The molecule has 2 saturated carbocycles. The number of aliphatic carboxylic acids is 1. The average molecular weight is 363 g/mol. The van der Waals surface area contributed by atoms with E-state index in [1.807, 2.05) is 0 Å². The average Bonchev–Trinajstić information content (AvgIpc) is 2.68. The van der Waals surface area contributed by atoms with E-state index in [0.717, 1.165) is 25.7 Å². The second kappa shape index (κ2) is 9.05. The van der Waals surface area contributed by atoms with E-state index in [0.29, 0.717) is 18.4 Å². The Kier molecular flexibility index (Phi) is 6.77. The van der Waals surface area contributed by atoms with Crippen molar-refractivity contribution < 1.29 is 19.4 Å². The fourth-order valence-corrected chi connectivity index (χ4v) is 5.77.